The summed E-state index contributed by atoms with van der Waals surface area (Å²) in [7, 11) is -3.43. The zero-order valence-corrected chi connectivity index (χ0v) is 18.1. The van der Waals surface area contributed by atoms with Crippen LogP contribution in [0.1, 0.15) is 15.9 Å². The highest BCUT2D eigenvalue weighted by atomic mass is 79.9. The minimum Gasteiger partial charge on any atom is -0.378 e. The van der Waals surface area contributed by atoms with E-state index in [-0.39, 0.29) is 5.91 Å². The summed E-state index contributed by atoms with van der Waals surface area (Å²) in [6.07, 6.45) is 1.08. The molecule has 1 saturated heterocycles. The van der Waals surface area contributed by atoms with Crippen molar-refractivity contribution in [2.24, 2.45) is 0 Å². The molecule has 1 heterocycles. The minimum absolute atomic E-state index is 0.316. The Bertz CT molecular complexity index is 989. The first-order valence-electron chi connectivity index (χ1n) is 8.75. The van der Waals surface area contributed by atoms with Gasteiger partial charge in [0.2, 0.25) is 10.0 Å². The van der Waals surface area contributed by atoms with Crippen LogP contribution in [0.15, 0.2) is 40.9 Å². The van der Waals surface area contributed by atoms with E-state index in [9.17, 15) is 13.2 Å². The lowest BCUT2D eigenvalue weighted by molar-refractivity contribution is 0.102. The maximum atomic E-state index is 12.8. The van der Waals surface area contributed by atoms with Gasteiger partial charge in [0.25, 0.3) is 5.91 Å². The Morgan fingerprint density at radius 2 is 1.82 bits per heavy atom. The van der Waals surface area contributed by atoms with Crippen LogP contribution in [0.4, 0.5) is 17.1 Å². The number of hydrogen-bond donors (Lipinski definition) is 2. The largest absolute Gasteiger partial charge is 0.378 e. The Kier molecular flexibility index (Phi) is 6.26. The Morgan fingerprint density at radius 1 is 1.11 bits per heavy atom. The van der Waals surface area contributed by atoms with Gasteiger partial charge in [-0.05, 0) is 42.8 Å². The number of benzene rings is 2. The molecule has 9 heteroatoms. The molecule has 150 valence electrons. The van der Waals surface area contributed by atoms with E-state index in [1.807, 2.05) is 18.2 Å². The molecular weight excluding hydrogens is 446 g/mol. The van der Waals surface area contributed by atoms with Crippen molar-refractivity contribution in [1.82, 2.24) is 0 Å². The predicted molar refractivity (Wildman–Crippen MR) is 115 cm³/mol. The molecule has 2 N–H and O–H groups in total. The predicted octanol–water partition coefficient (Wildman–Crippen LogP) is 3.22. The van der Waals surface area contributed by atoms with Crippen LogP contribution < -0.4 is 14.9 Å². The first-order chi connectivity index (χ1) is 13.2. The normalized spacial score (nSPS) is 14.6. The summed E-state index contributed by atoms with van der Waals surface area (Å²) in [6, 6.07) is 10.7. The zero-order valence-electron chi connectivity index (χ0n) is 15.7. The van der Waals surface area contributed by atoms with Gasteiger partial charge < -0.3 is 15.0 Å². The lowest BCUT2D eigenvalue weighted by Crippen LogP contribution is -2.36. The van der Waals surface area contributed by atoms with Crippen LogP contribution in [0, 0.1) is 6.92 Å². The van der Waals surface area contributed by atoms with E-state index in [1.54, 1.807) is 19.1 Å². The van der Waals surface area contributed by atoms with Gasteiger partial charge in [0.1, 0.15) is 0 Å². The minimum atomic E-state index is -3.43. The van der Waals surface area contributed by atoms with Crippen LogP contribution in [-0.2, 0) is 14.8 Å². The molecule has 2 aromatic carbocycles. The molecule has 1 fully saturated rings. The van der Waals surface area contributed by atoms with Gasteiger partial charge in [0, 0.05) is 23.1 Å². The Labute approximate surface area is 173 Å². The molecule has 0 aromatic heterocycles. The third-order valence-corrected chi connectivity index (χ3v) is 5.44. The van der Waals surface area contributed by atoms with Crippen molar-refractivity contribution in [2.45, 2.75) is 6.92 Å². The molecule has 1 aliphatic rings. The molecule has 1 aliphatic heterocycles. The van der Waals surface area contributed by atoms with E-state index >= 15 is 0 Å². The molecule has 3 rings (SSSR count). The van der Waals surface area contributed by atoms with Crippen LogP contribution in [0.2, 0.25) is 0 Å². The van der Waals surface area contributed by atoms with Crippen LogP contribution in [0.5, 0.6) is 0 Å². The third-order valence-electron chi connectivity index (χ3n) is 4.35. The molecular formula is C19H22BrN3O4S. The number of ether oxygens (including phenoxy) is 1. The van der Waals surface area contributed by atoms with Gasteiger partial charge in [-0.25, -0.2) is 8.42 Å². The number of nitrogens with one attached hydrogen (secondary N) is 2. The first kappa shape index (κ1) is 20.6. The zero-order chi connectivity index (χ0) is 20.3. The number of morpholine rings is 1. The number of aryl methyl sites for hydroxylation is 1. The number of halogens is 1. The van der Waals surface area contributed by atoms with Gasteiger partial charge in [0.05, 0.1) is 36.5 Å². The van der Waals surface area contributed by atoms with Crippen molar-refractivity contribution in [3.63, 3.8) is 0 Å². The summed E-state index contributed by atoms with van der Waals surface area (Å²) < 4.78 is 31.8. The topological polar surface area (TPSA) is 87.7 Å². The average Bonchev–Trinajstić information content (AvgIpc) is 2.63. The van der Waals surface area contributed by atoms with Crippen molar-refractivity contribution in [3.05, 3.63) is 52.0 Å². The molecule has 1 amide bonds. The molecule has 0 atom stereocenters. The van der Waals surface area contributed by atoms with Crippen LogP contribution in [0.25, 0.3) is 0 Å². The Hall–Kier alpha value is -2.10. The van der Waals surface area contributed by atoms with Crippen LogP contribution in [0.3, 0.4) is 0 Å². The maximum Gasteiger partial charge on any atom is 0.255 e. The lowest BCUT2D eigenvalue weighted by atomic mass is 10.1. The standard InChI is InChI=1S/C19H22BrN3O4S/c1-13-3-4-14(11-16(13)22-28(2,25)26)19(24)21-17-12-15(20)5-6-18(17)23-7-9-27-10-8-23/h3-6,11-12,22H,7-10H2,1-2H3,(H,21,24). The van der Waals surface area contributed by atoms with E-state index in [4.69, 9.17) is 4.74 Å². The molecule has 7 nitrogen and oxygen atoms in total. The fourth-order valence-corrected chi connectivity index (χ4v) is 3.94. The van der Waals surface area contributed by atoms with Gasteiger partial charge in [-0.3, -0.25) is 9.52 Å². The molecule has 0 radical (unpaired) electrons. The molecule has 0 saturated carbocycles. The second-order valence-corrected chi connectivity index (χ2v) is 9.28. The number of hydrogen-bond acceptors (Lipinski definition) is 5. The number of carbonyl (C=O) groups is 1. The fourth-order valence-electron chi connectivity index (χ4n) is 2.96. The third kappa shape index (κ3) is 5.24. The Morgan fingerprint density at radius 3 is 2.50 bits per heavy atom. The van der Waals surface area contributed by atoms with Crippen LogP contribution >= 0.6 is 15.9 Å². The van der Waals surface area contributed by atoms with E-state index in [2.05, 4.69) is 30.9 Å². The monoisotopic (exact) mass is 467 g/mol. The van der Waals surface area contributed by atoms with Crippen molar-refractivity contribution in [2.75, 3.05) is 47.5 Å². The number of nitrogens with zero attached hydrogens (tertiary/aromatic N) is 1. The van der Waals surface area contributed by atoms with Crippen molar-refractivity contribution in [1.29, 1.82) is 0 Å². The summed E-state index contributed by atoms with van der Waals surface area (Å²) in [6.45, 7) is 4.55. The first-order valence-corrected chi connectivity index (χ1v) is 11.4. The van der Waals surface area contributed by atoms with Gasteiger partial charge in [-0.2, -0.15) is 0 Å². The summed E-state index contributed by atoms with van der Waals surface area (Å²) in [4.78, 5) is 15.0. The highest BCUT2D eigenvalue weighted by Gasteiger charge is 2.18. The van der Waals surface area contributed by atoms with Gasteiger partial charge in [0.15, 0.2) is 0 Å². The van der Waals surface area contributed by atoms with E-state index in [1.165, 1.54) is 6.07 Å². The fraction of sp³-hybridized carbons (Fsp3) is 0.316. The second kappa shape index (κ2) is 8.50. The second-order valence-electron chi connectivity index (χ2n) is 6.62. The van der Waals surface area contributed by atoms with Gasteiger partial charge in [-0.15, -0.1) is 0 Å². The molecule has 2 aromatic rings. The molecule has 0 aliphatic carbocycles. The SMILES string of the molecule is Cc1ccc(C(=O)Nc2cc(Br)ccc2N2CCOCC2)cc1NS(C)(=O)=O. The number of amides is 1. The number of rotatable bonds is 5. The van der Waals surface area contributed by atoms with Crippen LogP contribution in [-0.4, -0.2) is 46.9 Å². The maximum absolute atomic E-state index is 12.8. The van der Waals surface area contributed by atoms with Crippen molar-refractivity contribution < 1.29 is 17.9 Å². The van der Waals surface area contributed by atoms with Gasteiger partial charge in [-0.1, -0.05) is 22.0 Å². The average molecular weight is 468 g/mol. The molecule has 0 spiro atoms. The van der Waals surface area contributed by atoms with Crippen molar-refractivity contribution in [3.8, 4) is 0 Å². The van der Waals surface area contributed by atoms with E-state index < -0.39 is 10.0 Å². The molecule has 0 unspecified atom stereocenters. The molecule has 28 heavy (non-hydrogen) atoms. The molecule has 0 bridgehead atoms. The van der Waals surface area contributed by atoms with Crippen molar-refractivity contribution >= 4 is 48.9 Å². The van der Waals surface area contributed by atoms with E-state index in [0.717, 1.165) is 35.1 Å². The summed E-state index contributed by atoms with van der Waals surface area (Å²) in [5, 5.41) is 2.95. The van der Waals surface area contributed by atoms with E-state index in [0.29, 0.717) is 30.2 Å². The smallest absolute Gasteiger partial charge is 0.255 e. The summed E-state index contributed by atoms with van der Waals surface area (Å²) in [5.41, 5.74) is 3.09. The lowest BCUT2D eigenvalue weighted by Gasteiger charge is -2.30. The highest BCUT2D eigenvalue weighted by molar-refractivity contribution is 9.10. The quantitative estimate of drug-likeness (QED) is 0.704. The number of carbonyl (C=O) groups excluding carboxylic acids is 1. The number of sulfonamides is 1. The highest BCUT2D eigenvalue weighted by Crippen LogP contribution is 2.30. The Balaban J connectivity index is 1.87. The summed E-state index contributed by atoms with van der Waals surface area (Å²) >= 11 is 3.45. The number of anilines is 3. The van der Waals surface area contributed by atoms with Gasteiger partial charge >= 0.3 is 0 Å². The summed E-state index contributed by atoms with van der Waals surface area (Å²) in [5.74, 6) is -0.316.